The average molecular weight is 599 g/mol. The number of benzene rings is 1. The molecule has 0 saturated carbocycles. The van der Waals surface area contributed by atoms with Crippen LogP contribution in [0.15, 0.2) is 42.6 Å². The Kier molecular flexibility index (Phi) is 9.24. The van der Waals surface area contributed by atoms with E-state index in [-0.39, 0.29) is 11.9 Å². The Morgan fingerprint density at radius 3 is 2.28 bits per heavy atom. The zero-order chi connectivity index (χ0) is 30.6. The van der Waals surface area contributed by atoms with E-state index in [9.17, 15) is 18.0 Å². The van der Waals surface area contributed by atoms with E-state index < -0.39 is 17.3 Å². The summed E-state index contributed by atoms with van der Waals surface area (Å²) in [6.45, 7) is 12.5. The maximum absolute atomic E-state index is 13.5. The van der Waals surface area contributed by atoms with Crippen LogP contribution in [0.4, 0.5) is 29.5 Å². The Bertz CT molecular complexity index is 1360. The van der Waals surface area contributed by atoms with Gasteiger partial charge in [-0.1, -0.05) is 39.0 Å². The van der Waals surface area contributed by atoms with Crippen LogP contribution in [0.5, 0.6) is 0 Å². The van der Waals surface area contributed by atoms with Crippen LogP contribution in [0, 0.1) is 0 Å². The van der Waals surface area contributed by atoms with Crippen molar-refractivity contribution in [2.45, 2.75) is 45.2 Å². The predicted octanol–water partition coefficient (Wildman–Crippen LogP) is 4.78. The minimum atomic E-state index is -4.52. The van der Waals surface area contributed by atoms with Crippen LogP contribution in [-0.2, 0) is 11.6 Å². The highest BCUT2D eigenvalue weighted by Gasteiger charge is 2.36. The van der Waals surface area contributed by atoms with Gasteiger partial charge < -0.3 is 20.0 Å². The molecular formula is C31H41F3N8O. The molecule has 2 aliphatic heterocycles. The fraction of sp³-hybridized carbons (Fsp3) is 0.548. The molecule has 1 aromatic carbocycles. The molecule has 232 valence electrons. The number of hydrogen-bond donors (Lipinski definition) is 1. The lowest BCUT2D eigenvalue weighted by molar-refractivity contribution is -0.141. The van der Waals surface area contributed by atoms with Crippen LogP contribution in [0.1, 0.15) is 45.1 Å². The summed E-state index contributed by atoms with van der Waals surface area (Å²) < 4.78 is 40.5. The molecule has 1 N–H and O–H groups in total. The summed E-state index contributed by atoms with van der Waals surface area (Å²) in [5, 5.41) is 4.19. The third-order valence-electron chi connectivity index (χ3n) is 8.08. The molecule has 2 aromatic heterocycles. The topological polar surface area (TPSA) is 80.7 Å². The van der Waals surface area contributed by atoms with Gasteiger partial charge in [-0.25, -0.2) is 14.8 Å². The first-order valence-corrected chi connectivity index (χ1v) is 15.0. The van der Waals surface area contributed by atoms with Crippen LogP contribution in [0.25, 0.3) is 10.9 Å². The van der Waals surface area contributed by atoms with Crippen molar-refractivity contribution in [1.29, 1.82) is 0 Å². The molecule has 0 aliphatic carbocycles. The van der Waals surface area contributed by atoms with E-state index in [1.807, 2.05) is 61.0 Å². The van der Waals surface area contributed by atoms with Crippen LogP contribution in [0.2, 0.25) is 0 Å². The number of pyridine rings is 1. The first-order valence-electron chi connectivity index (χ1n) is 15.0. The van der Waals surface area contributed by atoms with E-state index >= 15 is 0 Å². The van der Waals surface area contributed by atoms with Crippen LogP contribution < -0.4 is 15.1 Å². The highest BCUT2D eigenvalue weighted by molar-refractivity contribution is 5.91. The summed E-state index contributed by atoms with van der Waals surface area (Å²) in [6.07, 6.45) is -0.878. The van der Waals surface area contributed by atoms with Crippen LogP contribution >= 0.6 is 0 Å². The standard InChI is InChI=1S/C31H41F3N8O/c1-30(2,3)28-37-26(31(32,33)34)22-27(38-28)41-16-14-39(15-17-41)13-7-6-11-36-29(43)42-20-18-40(19-21-42)25-10-12-35-24-9-5-4-8-23(24)25/h4-5,8-10,12,22H,6-7,11,13-21H2,1-3H3,(H,36,43). The number of aromatic nitrogens is 3. The number of amides is 2. The van der Waals surface area contributed by atoms with Gasteiger partial charge in [-0.3, -0.25) is 9.88 Å². The van der Waals surface area contributed by atoms with Crippen molar-refractivity contribution in [2.24, 2.45) is 0 Å². The zero-order valence-corrected chi connectivity index (χ0v) is 25.2. The number of hydrogen-bond acceptors (Lipinski definition) is 7. The lowest BCUT2D eigenvalue weighted by Crippen LogP contribution is -2.52. The van der Waals surface area contributed by atoms with Crippen molar-refractivity contribution in [3.8, 4) is 0 Å². The minimum absolute atomic E-state index is 0.0226. The van der Waals surface area contributed by atoms with Crippen molar-refractivity contribution < 1.29 is 18.0 Å². The predicted molar refractivity (Wildman–Crippen MR) is 163 cm³/mol. The van der Waals surface area contributed by atoms with Gasteiger partial charge in [0, 0.05) is 87.7 Å². The van der Waals surface area contributed by atoms with Crippen molar-refractivity contribution in [1.82, 2.24) is 30.1 Å². The fourth-order valence-electron chi connectivity index (χ4n) is 5.55. The van der Waals surface area contributed by atoms with E-state index in [1.165, 1.54) is 0 Å². The van der Waals surface area contributed by atoms with Crippen molar-refractivity contribution in [3.05, 3.63) is 54.1 Å². The third kappa shape index (κ3) is 7.65. The molecule has 0 spiro atoms. The molecule has 0 atom stereocenters. The van der Waals surface area contributed by atoms with Gasteiger partial charge >= 0.3 is 12.2 Å². The van der Waals surface area contributed by atoms with E-state index in [2.05, 4.69) is 36.1 Å². The summed E-state index contributed by atoms with van der Waals surface area (Å²) in [7, 11) is 0. The molecule has 2 amide bonds. The Morgan fingerprint density at radius 1 is 0.884 bits per heavy atom. The number of nitrogens with one attached hydrogen (secondary N) is 1. The quantitative estimate of drug-likeness (QED) is 0.393. The number of piperazine rings is 2. The second kappa shape index (κ2) is 12.9. The number of rotatable bonds is 7. The summed E-state index contributed by atoms with van der Waals surface area (Å²) in [5.41, 5.74) is 0.652. The molecule has 4 heterocycles. The van der Waals surface area contributed by atoms with E-state index in [1.54, 1.807) is 0 Å². The molecule has 0 radical (unpaired) electrons. The largest absolute Gasteiger partial charge is 0.433 e. The first kappa shape index (κ1) is 30.8. The van der Waals surface area contributed by atoms with E-state index in [0.29, 0.717) is 38.5 Å². The van der Waals surface area contributed by atoms with Crippen LogP contribution in [0.3, 0.4) is 0 Å². The monoisotopic (exact) mass is 598 g/mol. The number of para-hydroxylation sites is 1. The van der Waals surface area contributed by atoms with Crippen LogP contribution in [-0.4, -0.2) is 96.2 Å². The Balaban J connectivity index is 1.01. The number of nitrogens with zero attached hydrogens (tertiary/aromatic N) is 7. The number of anilines is 2. The maximum Gasteiger partial charge on any atom is 0.433 e. The molecule has 3 aromatic rings. The zero-order valence-electron chi connectivity index (χ0n) is 25.2. The smallest absolute Gasteiger partial charge is 0.367 e. The van der Waals surface area contributed by atoms with Gasteiger partial charge in [0.25, 0.3) is 0 Å². The number of urea groups is 1. The Morgan fingerprint density at radius 2 is 1.58 bits per heavy atom. The second-order valence-electron chi connectivity index (χ2n) is 12.3. The third-order valence-corrected chi connectivity index (χ3v) is 8.08. The highest BCUT2D eigenvalue weighted by atomic mass is 19.4. The molecule has 12 heteroatoms. The Hall–Kier alpha value is -3.67. The Labute approximate surface area is 251 Å². The van der Waals surface area contributed by atoms with Crippen molar-refractivity contribution in [2.75, 3.05) is 75.2 Å². The van der Waals surface area contributed by atoms with Crippen molar-refractivity contribution >= 4 is 28.4 Å². The highest BCUT2D eigenvalue weighted by Crippen LogP contribution is 2.32. The molecule has 2 saturated heterocycles. The minimum Gasteiger partial charge on any atom is -0.367 e. The van der Waals surface area contributed by atoms with Gasteiger partial charge in [-0.05, 0) is 31.5 Å². The normalized spacial score (nSPS) is 17.0. The first-order chi connectivity index (χ1) is 20.5. The molecule has 0 bridgehead atoms. The SMILES string of the molecule is CC(C)(C)c1nc(N2CCN(CCCCNC(=O)N3CCN(c4ccnc5ccccc45)CC3)CC2)cc(C(F)(F)F)n1. The molecule has 0 unspecified atom stereocenters. The molecule has 5 rings (SSSR count). The second-order valence-corrected chi connectivity index (χ2v) is 12.3. The van der Waals surface area contributed by atoms with Gasteiger partial charge in [0.1, 0.15) is 17.3 Å². The average Bonchev–Trinajstić information content (AvgIpc) is 3.00. The molecule has 9 nitrogen and oxygen atoms in total. The van der Waals surface area contributed by atoms with Gasteiger partial charge in [-0.15, -0.1) is 0 Å². The van der Waals surface area contributed by atoms with Gasteiger partial charge in [0.05, 0.1) is 5.52 Å². The maximum atomic E-state index is 13.5. The summed E-state index contributed by atoms with van der Waals surface area (Å²) in [6, 6.07) is 11.2. The number of alkyl halides is 3. The summed E-state index contributed by atoms with van der Waals surface area (Å²) >= 11 is 0. The van der Waals surface area contributed by atoms with E-state index in [0.717, 1.165) is 68.2 Å². The number of carbonyl (C=O) groups is 1. The molecular weight excluding hydrogens is 557 g/mol. The lowest BCUT2D eigenvalue weighted by atomic mass is 9.95. The molecule has 2 aliphatic rings. The van der Waals surface area contributed by atoms with Gasteiger partial charge in [0.15, 0.2) is 0 Å². The van der Waals surface area contributed by atoms with Gasteiger partial charge in [-0.2, -0.15) is 13.2 Å². The van der Waals surface area contributed by atoms with Crippen molar-refractivity contribution in [3.63, 3.8) is 0 Å². The molecule has 2 fully saturated rings. The molecule has 43 heavy (non-hydrogen) atoms. The van der Waals surface area contributed by atoms with E-state index in [4.69, 9.17) is 0 Å². The number of fused-ring (bicyclic) bond motifs is 1. The number of halogens is 3. The number of unbranched alkanes of at least 4 members (excludes halogenated alkanes) is 1. The summed E-state index contributed by atoms with van der Waals surface area (Å²) in [5.74, 6) is 0.538. The number of carbonyl (C=O) groups excluding carboxylic acids is 1. The van der Waals surface area contributed by atoms with Gasteiger partial charge in [0.2, 0.25) is 0 Å². The summed E-state index contributed by atoms with van der Waals surface area (Å²) in [4.78, 5) is 33.9. The fourth-order valence-corrected chi connectivity index (χ4v) is 5.55. The lowest BCUT2D eigenvalue weighted by Gasteiger charge is -2.36.